The van der Waals surface area contributed by atoms with Crippen LogP contribution in [0.3, 0.4) is 0 Å². The van der Waals surface area contributed by atoms with Crippen LogP contribution in [0.4, 0.5) is 17.1 Å². The van der Waals surface area contributed by atoms with Gasteiger partial charge in [0.2, 0.25) is 0 Å². The van der Waals surface area contributed by atoms with Crippen molar-refractivity contribution in [2.24, 2.45) is 0 Å². The minimum absolute atomic E-state index is 0.841. The molecule has 12 rings (SSSR count). The second kappa shape index (κ2) is 12.0. The summed E-state index contributed by atoms with van der Waals surface area (Å²) in [6, 6.07) is 66.1. The van der Waals surface area contributed by atoms with Gasteiger partial charge in [-0.3, -0.25) is 0 Å². The Morgan fingerprint density at radius 1 is 0.321 bits per heavy atom. The predicted molar refractivity (Wildman–Crippen MR) is 231 cm³/mol. The standard InChI is InChI=1S/C52H31NO3/c1-2-12-34-30-50-43(29-33(34)11-1)41-17-9-16-40(52(41)56-50)37-13-3-6-18-44(37)53(45-19-10-22-48-51(45)42-15-5-8-21-47(42)54-48)36-26-23-32(24-27-36)35-25-28-39-38-14-4-7-20-46(38)55-49(39)31-35/h1-31H. The second-order valence-corrected chi connectivity index (χ2v) is 14.4. The Hall–Kier alpha value is -7.56. The maximum atomic E-state index is 6.78. The van der Waals surface area contributed by atoms with Crippen molar-refractivity contribution in [2.75, 3.05) is 4.90 Å². The van der Waals surface area contributed by atoms with Crippen molar-refractivity contribution in [2.45, 2.75) is 0 Å². The van der Waals surface area contributed by atoms with Crippen molar-refractivity contribution in [3.63, 3.8) is 0 Å². The summed E-state index contributed by atoms with van der Waals surface area (Å²) in [6.45, 7) is 0. The second-order valence-electron chi connectivity index (χ2n) is 14.4. The van der Waals surface area contributed by atoms with Crippen molar-refractivity contribution < 1.29 is 13.3 Å². The van der Waals surface area contributed by atoms with E-state index in [1.807, 2.05) is 24.3 Å². The third-order valence-corrected chi connectivity index (χ3v) is 11.3. The van der Waals surface area contributed by atoms with Gasteiger partial charge in [0.15, 0.2) is 0 Å². The highest BCUT2D eigenvalue weighted by atomic mass is 16.3. The highest BCUT2D eigenvalue weighted by molar-refractivity contribution is 6.16. The summed E-state index contributed by atoms with van der Waals surface area (Å²) < 4.78 is 19.5. The van der Waals surface area contributed by atoms with E-state index in [1.165, 1.54) is 5.39 Å². The Balaban J connectivity index is 1.06. The fourth-order valence-corrected chi connectivity index (χ4v) is 8.65. The van der Waals surface area contributed by atoms with Gasteiger partial charge in [-0.15, -0.1) is 0 Å². The Labute approximate surface area is 321 Å². The molecule has 0 unspecified atom stereocenters. The van der Waals surface area contributed by atoms with Gasteiger partial charge in [0.1, 0.15) is 33.5 Å². The summed E-state index contributed by atoms with van der Waals surface area (Å²) in [6.07, 6.45) is 0. The average molecular weight is 718 g/mol. The van der Waals surface area contributed by atoms with Crippen LogP contribution in [-0.4, -0.2) is 0 Å². The molecule has 0 fully saturated rings. The lowest BCUT2D eigenvalue weighted by Gasteiger charge is -2.28. The Kier molecular flexibility index (Phi) is 6.60. The fraction of sp³-hybridized carbons (Fsp3) is 0. The molecule has 3 aromatic heterocycles. The Morgan fingerprint density at radius 2 is 0.911 bits per heavy atom. The normalized spacial score (nSPS) is 11.9. The molecule has 4 nitrogen and oxygen atoms in total. The molecule has 9 aromatic carbocycles. The topological polar surface area (TPSA) is 42.7 Å². The number of hydrogen-bond donors (Lipinski definition) is 0. The number of rotatable bonds is 5. The molecule has 0 spiro atoms. The van der Waals surface area contributed by atoms with Gasteiger partial charge in [0.25, 0.3) is 0 Å². The van der Waals surface area contributed by atoms with Crippen molar-refractivity contribution in [1.82, 2.24) is 0 Å². The van der Waals surface area contributed by atoms with E-state index in [0.29, 0.717) is 0 Å². The number of nitrogens with zero attached hydrogens (tertiary/aromatic N) is 1. The molecule has 56 heavy (non-hydrogen) atoms. The van der Waals surface area contributed by atoms with Gasteiger partial charge in [0, 0.05) is 43.7 Å². The van der Waals surface area contributed by atoms with E-state index in [-0.39, 0.29) is 0 Å². The van der Waals surface area contributed by atoms with E-state index in [9.17, 15) is 0 Å². The third kappa shape index (κ3) is 4.66. The van der Waals surface area contributed by atoms with E-state index in [1.54, 1.807) is 0 Å². The minimum atomic E-state index is 0.841. The lowest BCUT2D eigenvalue weighted by atomic mass is 9.98. The molecule has 12 aromatic rings. The van der Waals surface area contributed by atoms with Gasteiger partial charge in [-0.05, 0) is 88.6 Å². The van der Waals surface area contributed by atoms with Gasteiger partial charge in [-0.2, -0.15) is 0 Å². The van der Waals surface area contributed by atoms with Crippen molar-refractivity contribution in [3.05, 3.63) is 188 Å². The van der Waals surface area contributed by atoms with Gasteiger partial charge in [0.05, 0.1) is 16.8 Å². The quantitative estimate of drug-likeness (QED) is 0.178. The molecule has 0 aliphatic carbocycles. The van der Waals surface area contributed by atoms with Crippen LogP contribution in [0.1, 0.15) is 0 Å². The first-order valence-electron chi connectivity index (χ1n) is 18.9. The number of para-hydroxylation sites is 4. The molecule has 0 radical (unpaired) electrons. The zero-order valence-corrected chi connectivity index (χ0v) is 30.1. The van der Waals surface area contributed by atoms with Crippen LogP contribution in [0.2, 0.25) is 0 Å². The molecule has 3 heterocycles. The molecule has 0 bridgehead atoms. The maximum Gasteiger partial charge on any atom is 0.143 e. The lowest BCUT2D eigenvalue weighted by molar-refractivity contribution is 0.668. The van der Waals surface area contributed by atoms with E-state index in [0.717, 1.165) is 111 Å². The van der Waals surface area contributed by atoms with Crippen LogP contribution in [0.25, 0.3) is 98.8 Å². The Morgan fingerprint density at radius 3 is 1.79 bits per heavy atom. The van der Waals surface area contributed by atoms with Crippen molar-refractivity contribution >= 4 is 93.7 Å². The highest BCUT2D eigenvalue weighted by Crippen LogP contribution is 2.48. The van der Waals surface area contributed by atoms with Crippen LogP contribution in [-0.2, 0) is 0 Å². The SMILES string of the molecule is c1ccc(N(c2ccc(-c3ccc4c(c3)oc3ccccc34)cc2)c2cccc3oc4ccccc4c23)c(-c2cccc3c2oc2cc4ccccc4cc23)c1. The van der Waals surface area contributed by atoms with E-state index >= 15 is 0 Å². The number of furan rings is 3. The van der Waals surface area contributed by atoms with Crippen LogP contribution >= 0.6 is 0 Å². The summed E-state index contributed by atoms with van der Waals surface area (Å²) in [5.74, 6) is 0. The summed E-state index contributed by atoms with van der Waals surface area (Å²) in [5.41, 5.74) is 12.6. The predicted octanol–water partition coefficient (Wildman–Crippen LogP) is 15.3. The van der Waals surface area contributed by atoms with Gasteiger partial charge >= 0.3 is 0 Å². The maximum absolute atomic E-state index is 6.78. The van der Waals surface area contributed by atoms with Crippen LogP contribution in [0.5, 0.6) is 0 Å². The zero-order chi connectivity index (χ0) is 36.7. The molecule has 0 saturated heterocycles. The van der Waals surface area contributed by atoms with Gasteiger partial charge < -0.3 is 18.2 Å². The van der Waals surface area contributed by atoms with Crippen LogP contribution < -0.4 is 4.90 Å². The monoisotopic (exact) mass is 717 g/mol. The average Bonchev–Trinajstić information content (AvgIpc) is 3.94. The van der Waals surface area contributed by atoms with Gasteiger partial charge in [-0.1, -0.05) is 121 Å². The van der Waals surface area contributed by atoms with Crippen molar-refractivity contribution in [3.8, 4) is 22.3 Å². The number of anilines is 3. The van der Waals surface area contributed by atoms with E-state index in [4.69, 9.17) is 13.3 Å². The highest BCUT2D eigenvalue weighted by Gasteiger charge is 2.24. The molecule has 0 saturated carbocycles. The molecule has 4 heteroatoms. The first-order valence-corrected chi connectivity index (χ1v) is 18.9. The molecule has 0 N–H and O–H groups in total. The summed E-state index contributed by atoms with van der Waals surface area (Å²) in [7, 11) is 0. The molecular formula is C52H31NO3. The number of hydrogen-bond acceptors (Lipinski definition) is 4. The fourth-order valence-electron chi connectivity index (χ4n) is 8.65. The summed E-state index contributed by atoms with van der Waals surface area (Å²) in [4.78, 5) is 2.36. The molecular weight excluding hydrogens is 687 g/mol. The molecule has 0 atom stereocenters. The van der Waals surface area contributed by atoms with Crippen molar-refractivity contribution in [1.29, 1.82) is 0 Å². The zero-order valence-electron chi connectivity index (χ0n) is 30.1. The third-order valence-electron chi connectivity index (χ3n) is 11.3. The van der Waals surface area contributed by atoms with Crippen LogP contribution in [0.15, 0.2) is 201 Å². The van der Waals surface area contributed by atoms with E-state index in [2.05, 4.69) is 169 Å². The summed E-state index contributed by atoms with van der Waals surface area (Å²) >= 11 is 0. The van der Waals surface area contributed by atoms with E-state index < -0.39 is 0 Å². The molecule has 262 valence electrons. The first-order chi connectivity index (χ1) is 27.7. The minimum Gasteiger partial charge on any atom is -0.456 e. The smallest absolute Gasteiger partial charge is 0.143 e. The number of benzene rings is 9. The van der Waals surface area contributed by atoms with Gasteiger partial charge in [-0.25, -0.2) is 0 Å². The summed E-state index contributed by atoms with van der Waals surface area (Å²) in [5, 5.41) is 8.95. The first kappa shape index (κ1) is 30.9. The largest absolute Gasteiger partial charge is 0.456 e. The molecule has 0 aliphatic heterocycles. The lowest BCUT2D eigenvalue weighted by Crippen LogP contribution is -2.11. The number of fused-ring (bicyclic) bond motifs is 10. The Bertz CT molecular complexity index is 3490. The molecule has 0 amide bonds. The van der Waals surface area contributed by atoms with Crippen LogP contribution in [0, 0.1) is 0 Å². The molecule has 0 aliphatic rings.